The van der Waals surface area contributed by atoms with Crippen LogP contribution < -0.4 is 4.72 Å². The van der Waals surface area contributed by atoms with E-state index in [1.165, 1.54) is 0 Å². The van der Waals surface area contributed by atoms with Crippen molar-refractivity contribution in [2.45, 2.75) is 33.2 Å². The molecule has 0 saturated carbocycles. The predicted octanol–water partition coefficient (Wildman–Crippen LogP) is 0.483. The van der Waals surface area contributed by atoms with E-state index < -0.39 is 10.0 Å². The maximum atomic E-state index is 11.5. The average molecular weight is 262 g/mol. The average Bonchev–Trinajstić information content (AvgIpc) is 2.56. The molecule has 6 nitrogen and oxygen atoms in total. The molecule has 1 aromatic rings. The van der Waals surface area contributed by atoms with Crippen LogP contribution in [0.15, 0.2) is 4.42 Å². The maximum Gasteiger partial charge on any atom is 0.212 e. The minimum absolute atomic E-state index is 0.00618. The summed E-state index contributed by atoms with van der Waals surface area (Å²) >= 11 is 0. The molecule has 1 rings (SSSR count). The summed E-state index contributed by atoms with van der Waals surface area (Å²) in [5.74, 6) is 1.07. The lowest BCUT2D eigenvalue weighted by atomic mass is 10.4. The maximum absolute atomic E-state index is 11.5. The van der Waals surface area contributed by atoms with Gasteiger partial charge < -0.3 is 9.52 Å². The SMILES string of the molecule is Cc1nc(CNS(=O)(=O)CCCCO)oc1C. The van der Waals surface area contributed by atoms with Gasteiger partial charge in [0.15, 0.2) is 0 Å². The first kappa shape index (κ1) is 14.1. The molecule has 0 bridgehead atoms. The quantitative estimate of drug-likeness (QED) is 0.697. The van der Waals surface area contributed by atoms with Crippen molar-refractivity contribution < 1.29 is 17.9 Å². The number of hydrogen-bond acceptors (Lipinski definition) is 5. The topological polar surface area (TPSA) is 92.4 Å². The molecule has 2 N–H and O–H groups in total. The minimum atomic E-state index is -3.32. The summed E-state index contributed by atoms with van der Waals surface area (Å²) in [6.07, 6.45) is 0.924. The molecule has 98 valence electrons. The van der Waals surface area contributed by atoms with Crippen molar-refractivity contribution in [2.24, 2.45) is 0 Å². The summed E-state index contributed by atoms with van der Waals surface area (Å²) in [5, 5.41) is 8.56. The van der Waals surface area contributed by atoms with E-state index in [2.05, 4.69) is 9.71 Å². The van der Waals surface area contributed by atoms with E-state index in [4.69, 9.17) is 9.52 Å². The van der Waals surface area contributed by atoms with Crippen LogP contribution in [-0.2, 0) is 16.6 Å². The lowest BCUT2D eigenvalue weighted by Crippen LogP contribution is -2.26. The first-order valence-corrected chi connectivity index (χ1v) is 7.11. The number of aliphatic hydroxyl groups is 1. The largest absolute Gasteiger partial charge is 0.444 e. The molecule has 0 unspecified atom stereocenters. The van der Waals surface area contributed by atoms with Crippen LogP contribution in [-0.4, -0.2) is 30.9 Å². The molecule has 0 amide bonds. The van der Waals surface area contributed by atoms with Crippen LogP contribution in [0.4, 0.5) is 0 Å². The number of aromatic nitrogens is 1. The Morgan fingerprint density at radius 2 is 2.06 bits per heavy atom. The highest BCUT2D eigenvalue weighted by atomic mass is 32.2. The van der Waals surface area contributed by atoms with Crippen LogP contribution >= 0.6 is 0 Å². The van der Waals surface area contributed by atoms with E-state index in [1.807, 2.05) is 0 Å². The van der Waals surface area contributed by atoms with E-state index in [-0.39, 0.29) is 18.9 Å². The van der Waals surface area contributed by atoms with Crippen LogP contribution in [0.1, 0.15) is 30.2 Å². The molecule has 0 aliphatic carbocycles. The molecule has 7 heteroatoms. The molecule has 0 aliphatic rings. The summed E-state index contributed by atoms with van der Waals surface area (Å²) in [4.78, 5) is 4.08. The standard InChI is InChI=1S/C10H18N2O4S/c1-8-9(2)16-10(12-8)7-11-17(14,15)6-4-3-5-13/h11,13H,3-7H2,1-2H3. The van der Waals surface area contributed by atoms with Crippen molar-refractivity contribution in [1.82, 2.24) is 9.71 Å². The zero-order valence-electron chi connectivity index (χ0n) is 10.1. The second kappa shape index (κ2) is 6.13. The van der Waals surface area contributed by atoms with E-state index >= 15 is 0 Å². The number of aryl methyl sites for hydroxylation is 2. The van der Waals surface area contributed by atoms with Gasteiger partial charge in [-0.3, -0.25) is 0 Å². The second-order valence-electron chi connectivity index (χ2n) is 3.82. The van der Waals surface area contributed by atoms with Gasteiger partial charge in [-0.15, -0.1) is 0 Å². The van der Waals surface area contributed by atoms with E-state index in [0.717, 1.165) is 5.69 Å². The van der Waals surface area contributed by atoms with Gasteiger partial charge in [-0.25, -0.2) is 18.1 Å². The number of sulfonamides is 1. The highest BCUT2D eigenvalue weighted by molar-refractivity contribution is 7.89. The van der Waals surface area contributed by atoms with E-state index in [1.54, 1.807) is 13.8 Å². The summed E-state index contributed by atoms with van der Waals surface area (Å²) in [7, 11) is -3.32. The number of nitrogens with zero attached hydrogens (tertiary/aromatic N) is 1. The Morgan fingerprint density at radius 1 is 1.35 bits per heavy atom. The number of oxazole rings is 1. The zero-order chi connectivity index (χ0) is 12.9. The summed E-state index contributed by atoms with van der Waals surface area (Å²) in [6, 6.07) is 0. The van der Waals surface area contributed by atoms with Gasteiger partial charge in [0.25, 0.3) is 0 Å². The molecule has 0 fully saturated rings. The van der Waals surface area contributed by atoms with Crippen LogP contribution in [0, 0.1) is 13.8 Å². The van der Waals surface area contributed by atoms with Gasteiger partial charge in [0.05, 0.1) is 18.0 Å². The number of hydrogen-bond donors (Lipinski definition) is 2. The van der Waals surface area contributed by atoms with E-state index in [0.29, 0.717) is 24.5 Å². The molecule has 1 heterocycles. The van der Waals surface area contributed by atoms with Gasteiger partial charge in [0.2, 0.25) is 15.9 Å². The fraction of sp³-hybridized carbons (Fsp3) is 0.700. The fourth-order valence-corrected chi connectivity index (χ4v) is 2.33. The van der Waals surface area contributed by atoms with Crippen LogP contribution in [0.3, 0.4) is 0 Å². The summed E-state index contributed by atoms with van der Waals surface area (Å²) in [5.41, 5.74) is 0.763. The number of unbranched alkanes of at least 4 members (excludes halogenated alkanes) is 1. The third kappa shape index (κ3) is 4.84. The molecule has 0 saturated heterocycles. The third-order valence-corrected chi connectivity index (χ3v) is 3.75. The zero-order valence-corrected chi connectivity index (χ0v) is 10.9. The molecule has 0 aromatic carbocycles. The monoisotopic (exact) mass is 262 g/mol. The van der Waals surface area contributed by atoms with Crippen molar-refractivity contribution in [1.29, 1.82) is 0 Å². The first-order chi connectivity index (χ1) is 7.94. The lowest BCUT2D eigenvalue weighted by molar-refractivity contribution is 0.287. The van der Waals surface area contributed by atoms with Crippen molar-refractivity contribution in [3.63, 3.8) is 0 Å². The predicted molar refractivity (Wildman–Crippen MR) is 62.9 cm³/mol. The Balaban J connectivity index is 2.44. The van der Waals surface area contributed by atoms with Crippen molar-refractivity contribution >= 4 is 10.0 Å². The molecule has 0 atom stereocenters. The second-order valence-corrected chi connectivity index (χ2v) is 5.75. The van der Waals surface area contributed by atoms with E-state index in [9.17, 15) is 8.42 Å². The number of nitrogens with one attached hydrogen (secondary N) is 1. The summed E-state index contributed by atoms with van der Waals surface area (Å²) < 4.78 is 30.7. The Kier molecular flexibility index (Phi) is 5.10. The van der Waals surface area contributed by atoms with Gasteiger partial charge in [0.1, 0.15) is 5.76 Å². The van der Waals surface area contributed by atoms with Gasteiger partial charge in [-0.1, -0.05) is 0 Å². The summed E-state index contributed by atoms with van der Waals surface area (Å²) in [6.45, 7) is 3.66. The van der Waals surface area contributed by atoms with Gasteiger partial charge >= 0.3 is 0 Å². The lowest BCUT2D eigenvalue weighted by Gasteiger charge is -2.03. The van der Waals surface area contributed by atoms with Crippen LogP contribution in [0.2, 0.25) is 0 Å². The molecular formula is C10H18N2O4S. The Morgan fingerprint density at radius 3 is 2.59 bits per heavy atom. The first-order valence-electron chi connectivity index (χ1n) is 5.45. The van der Waals surface area contributed by atoms with Crippen molar-refractivity contribution in [3.8, 4) is 0 Å². The molecule has 0 spiro atoms. The van der Waals surface area contributed by atoms with Crippen LogP contribution in [0.25, 0.3) is 0 Å². The number of rotatable bonds is 7. The van der Waals surface area contributed by atoms with Gasteiger partial charge in [-0.05, 0) is 26.7 Å². The fourth-order valence-electron chi connectivity index (χ4n) is 1.26. The smallest absolute Gasteiger partial charge is 0.212 e. The van der Waals surface area contributed by atoms with Gasteiger partial charge in [-0.2, -0.15) is 0 Å². The molecule has 0 radical (unpaired) electrons. The molecule has 0 aliphatic heterocycles. The van der Waals surface area contributed by atoms with Crippen molar-refractivity contribution in [2.75, 3.05) is 12.4 Å². The number of aliphatic hydroxyl groups excluding tert-OH is 1. The van der Waals surface area contributed by atoms with Gasteiger partial charge in [0, 0.05) is 6.61 Å². The van der Waals surface area contributed by atoms with Crippen molar-refractivity contribution in [3.05, 3.63) is 17.3 Å². The Labute approximate surface area is 101 Å². The molecule has 17 heavy (non-hydrogen) atoms. The Bertz CT molecular complexity index is 433. The minimum Gasteiger partial charge on any atom is -0.444 e. The Hall–Kier alpha value is -0.920. The highest BCUT2D eigenvalue weighted by Gasteiger charge is 2.12. The highest BCUT2D eigenvalue weighted by Crippen LogP contribution is 2.08. The molecular weight excluding hydrogens is 244 g/mol. The van der Waals surface area contributed by atoms with Crippen LogP contribution in [0.5, 0.6) is 0 Å². The third-order valence-electron chi connectivity index (χ3n) is 2.34. The normalized spacial score (nSPS) is 11.9. The molecule has 1 aromatic heterocycles.